The zero-order valence-corrected chi connectivity index (χ0v) is 16.4. The number of halogens is 2. The molecule has 8 heteroatoms. The molecule has 1 amide bonds. The number of fused-ring (bicyclic) bond motifs is 2. The van der Waals surface area contributed by atoms with Crippen LogP contribution in [0.3, 0.4) is 0 Å². The van der Waals surface area contributed by atoms with E-state index >= 15 is 4.39 Å². The molecule has 0 N–H and O–H groups in total. The number of aromatic nitrogens is 2. The molecule has 1 aromatic heterocycles. The molecule has 3 rings (SSSR count). The molecule has 2 aliphatic heterocycles. The largest absolute Gasteiger partial charge is 0.444 e. The number of carbonyl (C=O) groups is 1. The minimum atomic E-state index is -1.18. The first-order valence-corrected chi connectivity index (χ1v) is 9.42. The summed E-state index contributed by atoms with van der Waals surface area (Å²) in [7, 11) is 1.81. The minimum absolute atomic E-state index is 0.0247. The molecule has 3 heterocycles. The summed E-state index contributed by atoms with van der Waals surface area (Å²) in [6.45, 7) is 5.48. The highest BCUT2D eigenvalue weighted by atomic mass is 35.5. The number of ether oxygens (including phenoxy) is 1. The quantitative estimate of drug-likeness (QED) is 0.775. The second-order valence-corrected chi connectivity index (χ2v) is 8.50. The summed E-state index contributed by atoms with van der Waals surface area (Å²) in [4.78, 5) is 16.1. The second-order valence-electron chi connectivity index (χ2n) is 8.11. The molecular formula is C18H26ClFN4O2. The van der Waals surface area contributed by atoms with Crippen molar-refractivity contribution in [2.45, 2.75) is 76.4 Å². The SMILES string of the molecule is CN(c1ccc(Cl)nn1)[C@H]1C[C@@H]2CCC[C@H]([C@H]1F)N2C(=O)OC(C)(C)C. The first-order chi connectivity index (χ1) is 12.2. The Hall–Kier alpha value is -1.63. The van der Waals surface area contributed by atoms with E-state index in [9.17, 15) is 4.79 Å². The number of amides is 1. The predicted octanol–water partition coefficient (Wildman–Crippen LogP) is 3.83. The van der Waals surface area contributed by atoms with E-state index in [1.807, 2.05) is 32.7 Å². The van der Waals surface area contributed by atoms with Gasteiger partial charge in [0, 0.05) is 13.1 Å². The lowest BCUT2D eigenvalue weighted by molar-refractivity contribution is -0.0467. The Morgan fingerprint density at radius 1 is 1.35 bits per heavy atom. The number of carbonyl (C=O) groups excluding carboxylic acids is 1. The summed E-state index contributed by atoms with van der Waals surface area (Å²) < 4.78 is 20.9. The van der Waals surface area contributed by atoms with E-state index in [2.05, 4.69) is 10.2 Å². The zero-order chi connectivity index (χ0) is 19.1. The van der Waals surface area contributed by atoms with Crippen molar-refractivity contribution >= 4 is 23.5 Å². The van der Waals surface area contributed by atoms with Gasteiger partial charge in [-0.2, -0.15) is 0 Å². The van der Waals surface area contributed by atoms with Crippen molar-refractivity contribution in [2.24, 2.45) is 0 Å². The van der Waals surface area contributed by atoms with Crippen LogP contribution in [0, 0.1) is 0 Å². The molecular weight excluding hydrogens is 359 g/mol. The Labute approximate surface area is 158 Å². The van der Waals surface area contributed by atoms with Gasteiger partial charge in [-0.3, -0.25) is 4.90 Å². The van der Waals surface area contributed by atoms with E-state index in [0.717, 1.165) is 12.8 Å². The van der Waals surface area contributed by atoms with Gasteiger partial charge in [-0.1, -0.05) is 11.6 Å². The average Bonchev–Trinajstić information content (AvgIpc) is 2.56. The van der Waals surface area contributed by atoms with E-state index in [4.69, 9.17) is 16.3 Å². The summed E-state index contributed by atoms with van der Waals surface area (Å²) in [5.41, 5.74) is -0.594. The summed E-state index contributed by atoms with van der Waals surface area (Å²) in [6.07, 6.45) is 1.38. The standard InChI is InChI=1S/C18H26ClFN4O2/c1-18(2,3)26-17(25)24-11-6-5-7-12(24)16(20)13(10-11)23(4)15-9-8-14(19)21-22-15/h8-9,11-13,16H,5-7,10H2,1-4H3/t11-,12+,13-,16+/m0/s1. The lowest BCUT2D eigenvalue weighted by Gasteiger charge is -2.52. The van der Waals surface area contributed by atoms with Crippen LogP contribution in [0.25, 0.3) is 0 Å². The van der Waals surface area contributed by atoms with Crippen LogP contribution in [0.5, 0.6) is 0 Å². The van der Waals surface area contributed by atoms with Crippen LogP contribution >= 0.6 is 11.6 Å². The van der Waals surface area contributed by atoms with E-state index in [1.165, 1.54) is 0 Å². The molecule has 2 aliphatic rings. The van der Waals surface area contributed by atoms with Crippen molar-refractivity contribution in [2.75, 3.05) is 11.9 Å². The molecule has 0 unspecified atom stereocenters. The molecule has 144 valence electrons. The number of piperidine rings is 2. The summed E-state index contributed by atoms with van der Waals surface area (Å²) in [5, 5.41) is 8.20. The summed E-state index contributed by atoms with van der Waals surface area (Å²) in [5.74, 6) is 0.575. The molecule has 0 aromatic carbocycles. The normalized spacial score (nSPS) is 28.6. The fourth-order valence-corrected chi connectivity index (χ4v) is 4.06. The first-order valence-electron chi connectivity index (χ1n) is 9.05. The molecule has 26 heavy (non-hydrogen) atoms. The van der Waals surface area contributed by atoms with Gasteiger partial charge in [-0.25, -0.2) is 9.18 Å². The molecule has 2 fully saturated rings. The molecule has 0 aliphatic carbocycles. The van der Waals surface area contributed by atoms with Gasteiger partial charge < -0.3 is 9.64 Å². The third-order valence-electron chi connectivity index (χ3n) is 5.12. The number of nitrogens with zero attached hydrogens (tertiary/aromatic N) is 4. The summed E-state index contributed by atoms with van der Waals surface area (Å²) >= 11 is 5.79. The van der Waals surface area contributed by atoms with E-state index in [0.29, 0.717) is 23.8 Å². The third-order valence-corrected chi connectivity index (χ3v) is 5.32. The number of anilines is 1. The van der Waals surface area contributed by atoms with Crippen LogP contribution in [0.2, 0.25) is 5.15 Å². The molecule has 1 aromatic rings. The highest BCUT2D eigenvalue weighted by Crippen LogP contribution is 2.39. The van der Waals surface area contributed by atoms with Gasteiger partial charge in [0.2, 0.25) is 0 Å². The Morgan fingerprint density at radius 2 is 2.08 bits per heavy atom. The van der Waals surface area contributed by atoms with Gasteiger partial charge in [0.05, 0.1) is 12.1 Å². The van der Waals surface area contributed by atoms with Crippen LogP contribution < -0.4 is 4.90 Å². The van der Waals surface area contributed by atoms with Crippen molar-refractivity contribution in [1.29, 1.82) is 0 Å². The highest BCUT2D eigenvalue weighted by molar-refractivity contribution is 6.29. The third kappa shape index (κ3) is 3.87. The van der Waals surface area contributed by atoms with Gasteiger partial charge >= 0.3 is 6.09 Å². The number of alkyl halides is 1. The van der Waals surface area contributed by atoms with Crippen molar-refractivity contribution in [1.82, 2.24) is 15.1 Å². The average molecular weight is 385 g/mol. The Kier molecular flexibility index (Phi) is 5.28. The van der Waals surface area contributed by atoms with Crippen molar-refractivity contribution < 1.29 is 13.9 Å². The maximum Gasteiger partial charge on any atom is 0.410 e. The zero-order valence-electron chi connectivity index (χ0n) is 15.7. The first kappa shape index (κ1) is 19.1. The van der Waals surface area contributed by atoms with E-state index < -0.39 is 23.9 Å². The number of rotatable bonds is 2. The molecule has 0 radical (unpaired) electrons. The lowest BCUT2D eigenvalue weighted by Crippen LogP contribution is -2.65. The van der Waals surface area contributed by atoms with E-state index in [-0.39, 0.29) is 12.1 Å². The van der Waals surface area contributed by atoms with Gasteiger partial charge in [-0.05, 0) is 58.6 Å². The monoisotopic (exact) mass is 384 g/mol. The van der Waals surface area contributed by atoms with Crippen molar-refractivity contribution in [3.05, 3.63) is 17.3 Å². The molecule has 4 atom stereocenters. The van der Waals surface area contributed by atoms with Crippen molar-refractivity contribution in [3.63, 3.8) is 0 Å². The maximum atomic E-state index is 15.4. The van der Waals surface area contributed by atoms with Crippen molar-refractivity contribution in [3.8, 4) is 0 Å². The van der Waals surface area contributed by atoms with Crippen LogP contribution in [-0.4, -0.2) is 58.1 Å². The van der Waals surface area contributed by atoms with Gasteiger partial charge in [-0.15, -0.1) is 10.2 Å². The van der Waals surface area contributed by atoms with E-state index in [1.54, 1.807) is 17.0 Å². The Morgan fingerprint density at radius 3 is 2.69 bits per heavy atom. The predicted molar refractivity (Wildman–Crippen MR) is 98.2 cm³/mol. The minimum Gasteiger partial charge on any atom is -0.444 e. The Bertz CT molecular complexity index is 652. The maximum absolute atomic E-state index is 15.4. The van der Waals surface area contributed by atoms with Crippen LogP contribution in [0.4, 0.5) is 15.0 Å². The lowest BCUT2D eigenvalue weighted by atomic mass is 9.80. The van der Waals surface area contributed by atoms with Crippen LogP contribution in [0.15, 0.2) is 12.1 Å². The number of hydrogen-bond acceptors (Lipinski definition) is 5. The molecule has 0 spiro atoms. The van der Waals surface area contributed by atoms with Gasteiger partial charge in [0.1, 0.15) is 11.8 Å². The highest BCUT2D eigenvalue weighted by Gasteiger charge is 2.50. The fourth-order valence-electron chi connectivity index (χ4n) is 3.96. The molecule has 2 bridgehead atoms. The Balaban J connectivity index is 1.79. The molecule has 6 nitrogen and oxygen atoms in total. The van der Waals surface area contributed by atoms with Gasteiger partial charge in [0.15, 0.2) is 11.0 Å². The van der Waals surface area contributed by atoms with Gasteiger partial charge in [0.25, 0.3) is 0 Å². The topological polar surface area (TPSA) is 58.6 Å². The second kappa shape index (κ2) is 7.18. The fraction of sp³-hybridized carbons (Fsp3) is 0.722. The molecule has 2 saturated heterocycles. The molecule has 0 saturated carbocycles. The smallest absolute Gasteiger partial charge is 0.410 e. The number of hydrogen-bond donors (Lipinski definition) is 0. The summed E-state index contributed by atoms with van der Waals surface area (Å²) in [6, 6.07) is 2.52. The van der Waals surface area contributed by atoms with Crippen LogP contribution in [-0.2, 0) is 4.74 Å². The van der Waals surface area contributed by atoms with Crippen LogP contribution in [0.1, 0.15) is 46.5 Å².